The van der Waals surface area contributed by atoms with Gasteiger partial charge in [0, 0.05) is 11.8 Å². The van der Waals surface area contributed by atoms with E-state index in [0.29, 0.717) is 12.2 Å². The summed E-state index contributed by atoms with van der Waals surface area (Å²) in [5.41, 5.74) is -0.182. The zero-order chi connectivity index (χ0) is 8.91. The third-order valence-corrected chi connectivity index (χ3v) is 1.54. The molecule has 0 aliphatic carbocycles. The van der Waals surface area contributed by atoms with Crippen LogP contribution in [0, 0.1) is 5.41 Å². The highest BCUT2D eigenvalue weighted by Gasteiger charge is 2.18. The van der Waals surface area contributed by atoms with E-state index < -0.39 is 0 Å². The van der Waals surface area contributed by atoms with Crippen molar-refractivity contribution in [3.63, 3.8) is 0 Å². The second-order valence-electron chi connectivity index (χ2n) is 3.76. The van der Waals surface area contributed by atoms with Crippen LogP contribution in [0.2, 0.25) is 0 Å². The molecule has 64 valence electrons. The number of allylic oxidation sites excluding steroid dienone is 2. The van der Waals surface area contributed by atoms with Gasteiger partial charge in [-0.3, -0.25) is 4.79 Å². The summed E-state index contributed by atoms with van der Waals surface area (Å²) in [4.78, 5) is 11.3. The Hall–Kier alpha value is -0.590. The molecule has 0 unspecified atom stereocenters. The summed E-state index contributed by atoms with van der Waals surface area (Å²) < 4.78 is 0. The molecular weight excluding hydrogens is 136 g/mol. The zero-order valence-corrected chi connectivity index (χ0v) is 7.98. The summed E-state index contributed by atoms with van der Waals surface area (Å²) in [5.74, 6) is 0.308. The van der Waals surface area contributed by atoms with Crippen molar-refractivity contribution in [2.75, 3.05) is 0 Å². The van der Waals surface area contributed by atoms with Gasteiger partial charge in [0.25, 0.3) is 0 Å². The maximum Gasteiger partial charge on any atom is 0.141 e. The first-order valence-corrected chi connectivity index (χ1v) is 4.16. The van der Waals surface area contributed by atoms with Crippen molar-refractivity contribution in [2.45, 2.75) is 40.5 Å². The van der Waals surface area contributed by atoms with Crippen molar-refractivity contribution in [2.24, 2.45) is 5.41 Å². The number of hydrogen-bond donors (Lipinski definition) is 0. The maximum absolute atomic E-state index is 11.3. The monoisotopic (exact) mass is 154 g/mol. The van der Waals surface area contributed by atoms with Gasteiger partial charge in [0.15, 0.2) is 0 Å². The topological polar surface area (TPSA) is 17.1 Å². The number of Topliss-reactive ketones (excluding diaryl/α,β-unsaturated/α-hetero) is 1. The number of rotatable bonds is 3. The predicted octanol–water partition coefficient (Wildman–Crippen LogP) is 2.96. The largest absolute Gasteiger partial charge is 0.299 e. The lowest BCUT2D eigenvalue weighted by Crippen LogP contribution is -2.18. The molecular formula is C10H18O. The van der Waals surface area contributed by atoms with Gasteiger partial charge >= 0.3 is 0 Å². The van der Waals surface area contributed by atoms with Crippen molar-refractivity contribution in [1.82, 2.24) is 0 Å². The molecule has 0 aliphatic rings. The van der Waals surface area contributed by atoms with E-state index in [4.69, 9.17) is 0 Å². The maximum atomic E-state index is 11.3. The van der Waals surface area contributed by atoms with Crippen molar-refractivity contribution in [3.05, 3.63) is 12.2 Å². The lowest BCUT2D eigenvalue weighted by molar-refractivity contribution is -0.125. The van der Waals surface area contributed by atoms with E-state index in [2.05, 4.69) is 6.92 Å². The molecule has 0 spiro atoms. The van der Waals surface area contributed by atoms with Crippen LogP contribution in [0.4, 0.5) is 0 Å². The third kappa shape index (κ3) is 4.77. The molecule has 0 heterocycles. The highest BCUT2D eigenvalue weighted by Crippen LogP contribution is 2.16. The van der Waals surface area contributed by atoms with Crippen LogP contribution in [0.1, 0.15) is 40.5 Å². The van der Waals surface area contributed by atoms with Gasteiger partial charge in [-0.15, -0.1) is 0 Å². The Balaban J connectivity index is 3.80. The molecule has 11 heavy (non-hydrogen) atoms. The summed E-state index contributed by atoms with van der Waals surface area (Å²) in [7, 11) is 0. The van der Waals surface area contributed by atoms with Crippen LogP contribution in [-0.2, 0) is 4.79 Å². The SMILES string of the molecule is CC/C=C\CC(=O)C(C)(C)C. The number of carbonyl (C=O) groups excluding carboxylic acids is 1. The number of hydrogen-bond acceptors (Lipinski definition) is 1. The highest BCUT2D eigenvalue weighted by atomic mass is 16.1. The molecule has 1 nitrogen and oxygen atoms in total. The third-order valence-electron chi connectivity index (χ3n) is 1.54. The summed E-state index contributed by atoms with van der Waals surface area (Å²) >= 11 is 0. The van der Waals surface area contributed by atoms with E-state index >= 15 is 0 Å². The average molecular weight is 154 g/mol. The van der Waals surface area contributed by atoms with Crippen molar-refractivity contribution in [3.8, 4) is 0 Å². The van der Waals surface area contributed by atoms with E-state index in [9.17, 15) is 4.79 Å². The Bertz CT molecular complexity index is 149. The molecule has 0 atom stereocenters. The van der Waals surface area contributed by atoms with Gasteiger partial charge in [-0.05, 0) is 6.42 Å². The van der Waals surface area contributed by atoms with Gasteiger partial charge in [-0.25, -0.2) is 0 Å². The van der Waals surface area contributed by atoms with Crippen LogP contribution in [0.5, 0.6) is 0 Å². The molecule has 0 rings (SSSR count). The lowest BCUT2D eigenvalue weighted by atomic mass is 9.89. The zero-order valence-electron chi connectivity index (χ0n) is 7.98. The molecule has 0 saturated carbocycles. The van der Waals surface area contributed by atoms with Gasteiger partial charge in [-0.2, -0.15) is 0 Å². The Labute approximate surface area is 69.5 Å². The number of carbonyl (C=O) groups is 1. The fraction of sp³-hybridized carbons (Fsp3) is 0.700. The summed E-state index contributed by atoms with van der Waals surface area (Å²) in [6, 6.07) is 0. The van der Waals surface area contributed by atoms with E-state index in [1.807, 2.05) is 32.9 Å². The van der Waals surface area contributed by atoms with E-state index in [-0.39, 0.29) is 5.41 Å². The molecule has 0 aliphatic heterocycles. The molecule has 0 aromatic carbocycles. The van der Waals surface area contributed by atoms with Crippen LogP contribution in [0.3, 0.4) is 0 Å². The average Bonchev–Trinajstić information content (AvgIpc) is 1.86. The van der Waals surface area contributed by atoms with E-state index in [1.54, 1.807) is 0 Å². The summed E-state index contributed by atoms with van der Waals surface area (Å²) in [6.45, 7) is 7.93. The summed E-state index contributed by atoms with van der Waals surface area (Å²) in [5, 5.41) is 0. The second kappa shape index (κ2) is 4.32. The van der Waals surface area contributed by atoms with E-state index in [1.165, 1.54) is 0 Å². The number of ketones is 1. The first-order chi connectivity index (χ1) is 4.98. The minimum absolute atomic E-state index is 0.182. The highest BCUT2D eigenvalue weighted by molar-refractivity contribution is 5.84. The van der Waals surface area contributed by atoms with Crippen LogP contribution >= 0.6 is 0 Å². The smallest absolute Gasteiger partial charge is 0.141 e. The molecule has 0 bridgehead atoms. The lowest BCUT2D eigenvalue weighted by Gasteiger charge is -2.14. The van der Waals surface area contributed by atoms with Gasteiger partial charge in [0.2, 0.25) is 0 Å². The van der Waals surface area contributed by atoms with Crippen LogP contribution in [-0.4, -0.2) is 5.78 Å². The van der Waals surface area contributed by atoms with Crippen molar-refractivity contribution < 1.29 is 4.79 Å². The van der Waals surface area contributed by atoms with E-state index in [0.717, 1.165) is 6.42 Å². The molecule has 0 radical (unpaired) electrons. The fourth-order valence-electron chi connectivity index (χ4n) is 0.663. The normalized spacial score (nSPS) is 12.4. The molecule has 1 heteroatoms. The molecule has 0 amide bonds. The van der Waals surface area contributed by atoms with Gasteiger partial charge in [-0.1, -0.05) is 39.8 Å². The minimum Gasteiger partial charge on any atom is -0.299 e. The molecule has 0 aromatic rings. The van der Waals surface area contributed by atoms with Gasteiger partial charge < -0.3 is 0 Å². The fourth-order valence-corrected chi connectivity index (χ4v) is 0.663. The Morgan fingerprint density at radius 1 is 1.27 bits per heavy atom. The van der Waals surface area contributed by atoms with Gasteiger partial charge in [0.05, 0.1) is 0 Å². The first kappa shape index (κ1) is 10.4. The molecule has 0 aromatic heterocycles. The van der Waals surface area contributed by atoms with Gasteiger partial charge in [0.1, 0.15) is 5.78 Å². The van der Waals surface area contributed by atoms with Crippen molar-refractivity contribution >= 4 is 5.78 Å². The second-order valence-corrected chi connectivity index (χ2v) is 3.76. The minimum atomic E-state index is -0.182. The predicted molar refractivity (Wildman–Crippen MR) is 48.5 cm³/mol. The van der Waals surface area contributed by atoms with Crippen LogP contribution in [0.25, 0.3) is 0 Å². The quantitative estimate of drug-likeness (QED) is 0.571. The summed E-state index contributed by atoms with van der Waals surface area (Å²) in [6.07, 6.45) is 5.58. The first-order valence-electron chi connectivity index (χ1n) is 4.16. The van der Waals surface area contributed by atoms with Crippen LogP contribution < -0.4 is 0 Å². The molecule has 0 saturated heterocycles. The Morgan fingerprint density at radius 3 is 2.18 bits per heavy atom. The Morgan fingerprint density at radius 2 is 1.82 bits per heavy atom. The standard InChI is InChI=1S/C10H18O/c1-5-6-7-8-9(11)10(2,3)4/h6-7H,5,8H2,1-4H3/b7-6-. The Kier molecular flexibility index (Phi) is 4.09. The van der Waals surface area contributed by atoms with Crippen LogP contribution in [0.15, 0.2) is 12.2 Å². The molecule has 0 fully saturated rings. The molecule has 0 N–H and O–H groups in total. The van der Waals surface area contributed by atoms with Crippen molar-refractivity contribution in [1.29, 1.82) is 0 Å².